The van der Waals surface area contributed by atoms with Crippen molar-refractivity contribution in [3.63, 3.8) is 0 Å². The van der Waals surface area contributed by atoms with Crippen LogP contribution in [0.15, 0.2) is 66.7 Å². The van der Waals surface area contributed by atoms with Gasteiger partial charge in [0, 0.05) is 18.0 Å². The summed E-state index contributed by atoms with van der Waals surface area (Å²) in [6.45, 7) is 5.08. The van der Waals surface area contributed by atoms with Gasteiger partial charge in [-0.3, -0.25) is 9.69 Å². The minimum absolute atomic E-state index is 0.0299. The zero-order chi connectivity index (χ0) is 23.9. The van der Waals surface area contributed by atoms with Crippen LogP contribution in [0, 0.1) is 0 Å². The first kappa shape index (κ1) is 21.8. The number of hydrogen-bond acceptors (Lipinski definition) is 6. The standard InChI is InChI=1S/C28H25N3O3S/c1-2-31-15-14-22-23(16-31)35-27-24(22)26(32)29-25(30-27)18-10-12-19(13-11-18)34-28(33)21-9-5-7-17-6-3-4-8-20(17)21/h3-13,25,30H,2,14-16H2,1H3,(H,29,32). The van der Waals surface area contributed by atoms with Crippen LogP contribution in [0.25, 0.3) is 10.8 Å². The topological polar surface area (TPSA) is 70.7 Å². The van der Waals surface area contributed by atoms with Crippen molar-refractivity contribution in [1.82, 2.24) is 10.2 Å². The number of ether oxygens (including phenoxy) is 1. The summed E-state index contributed by atoms with van der Waals surface area (Å²) in [5.74, 6) is 0.0342. The van der Waals surface area contributed by atoms with Gasteiger partial charge in [-0.05, 0) is 53.1 Å². The molecule has 3 heterocycles. The van der Waals surface area contributed by atoms with Crippen molar-refractivity contribution >= 4 is 39.0 Å². The van der Waals surface area contributed by atoms with E-state index in [1.165, 1.54) is 10.4 Å². The Morgan fingerprint density at radius 2 is 1.86 bits per heavy atom. The Hall–Kier alpha value is -3.68. The highest BCUT2D eigenvalue weighted by molar-refractivity contribution is 7.16. The minimum atomic E-state index is -0.395. The van der Waals surface area contributed by atoms with E-state index in [1.807, 2.05) is 48.5 Å². The van der Waals surface area contributed by atoms with Gasteiger partial charge in [0.15, 0.2) is 0 Å². The van der Waals surface area contributed by atoms with Crippen molar-refractivity contribution < 1.29 is 14.3 Å². The van der Waals surface area contributed by atoms with E-state index in [9.17, 15) is 9.59 Å². The summed E-state index contributed by atoms with van der Waals surface area (Å²) in [5.41, 5.74) is 3.42. The molecule has 0 spiro atoms. The van der Waals surface area contributed by atoms with Crippen LogP contribution >= 0.6 is 11.3 Å². The van der Waals surface area contributed by atoms with Crippen LogP contribution in [-0.4, -0.2) is 29.9 Å². The van der Waals surface area contributed by atoms with Crippen molar-refractivity contribution in [3.8, 4) is 5.75 Å². The maximum atomic E-state index is 13.0. The fourth-order valence-corrected chi connectivity index (χ4v) is 6.21. The molecule has 7 heteroatoms. The molecule has 1 aromatic heterocycles. The summed E-state index contributed by atoms with van der Waals surface area (Å²) in [4.78, 5) is 29.5. The van der Waals surface area contributed by atoms with Gasteiger partial charge in [0.1, 0.15) is 16.9 Å². The summed E-state index contributed by atoms with van der Waals surface area (Å²) in [6, 6.07) is 20.6. The third kappa shape index (κ3) is 3.96. The fourth-order valence-electron chi connectivity index (χ4n) is 4.90. The molecule has 1 atom stereocenters. The second-order valence-corrected chi connectivity index (χ2v) is 9.97. The lowest BCUT2D eigenvalue weighted by molar-refractivity contribution is 0.0736. The zero-order valence-electron chi connectivity index (χ0n) is 19.3. The molecule has 6 nitrogen and oxygen atoms in total. The van der Waals surface area contributed by atoms with E-state index in [4.69, 9.17) is 4.74 Å². The molecule has 3 aromatic carbocycles. The van der Waals surface area contributed by atoms with Crippen molar-refractivity contribution in [3.05, 3.63) is 93.9 Å². The van der Waals surface area contributed by atoms with E-state index >= 15 is 0 Å². The number of rotatable bonds is 4. The van der Waals surface area contributed by atoms with Gasteiger partial charge in [0.05, 0.1) is 11.1 Å². The van der Waals surface area contributed by atoms with Gasteiger partial charge in [-0.2, -0.15) is 0 Å². The van der Waals surface area contributed by atoms with Gasteiger partial charge in [0.25, 0.3) is 5.91 Å². The predicted octanol–water partition coefficient (Wildman–Crippen LogP) is 5.35. The van der Waals surface area contributed by atoms with Crippen molar-refractivity contribution in [2.45, 2.75) is 26.1 Å². The Morgan fingerprint density at radius 3 is 2.69 bits per heavy atom. The second-order valence-electron chi connectivity index (χ2n) is 8.86. The van der Waals surface area contributed by atoms with E-state index in [0.717, 1.165) is 53.0 Å². The Bertz CT molecular complexity index is 1440. The highest BCUT2D eigenvalue weighted by Gasteiger charge is 2.33. The number of esters is 1. The van der Waals surface area contributed by atoms with E-state index in [2.05, 4.69) is 22.5 Å². The number of benzene rings is 3. The van der Waals surface area contributed by atoms with Crippen molar-refractivity contribution in [2.75, 3.05) is 18.4 Å². The SMILES string of the molecule is CCN1CCc2c(sc3c2C(=O)NC(c2ccc(OC(=O)c4cccc5ccccc45)cc2)N3)C1. The van der Waals surface area contributed by atoms with E-state index in [-0.39, 0.29) is 12.1 Å². The van der Waals surface area contributed by atoms with Gasteiger partial charge in [-0.15, -0.1) is 11.3 Å². The molecule has 0 fully saturated rings. The first-order valence-electron chi connectivity index (χ1n) is 11.8. The number of thiophene rings is 1. The summed E-state index contributed by atoms with van der Waals surface area (Å²) in [6.07, 6.45) is 0.575. The molecule has 176 valence electrons. The fraction of sp³-hybridized carbons (Fsp3) is 0.214. The highest BCUT2D eigenvalue weighted by atomic mass is 32.1. The minimum Gasteiger partial charge on any atom is -0.423 e. The van der Waals surface area contributed by atoms with Crippen LogP contribution in [0.1, 0.15) is 49.8 Å². The maximum Gasteiger partial charge on any atom is 0.344 e. The van der Waals surface area contributed by atoms with Gasteiger partial charge >= 0.3 is 5.97 Å². The maximum absolute atomic E-state index is 13.0. The third-order valence-corrected chi connectivity index (χ3v) is 7.94. The molecule has 0 saturated heterocycles. The first-order valence-corrected chi connectivity index (χ1v) is 12.7. The van der Waals surface area contributed by atoms with E-state index < -0.39 is 5.97 Å². The van der Waals surface area contributed by atoms with Gasteiger partial charge in [0.2, 0.25) is 0 Å². The lowest BCUT2D eigenvalue weighted by Crippen LogP contribution is -2.38. The van der Waals surface area contributed by atoms with E-state index in [1.54, 1.807) is 29.5 Å². The Labute approximate surface area is 207 Å². The van der Waals surface area contributed by atoms with Crippen LogP contribution in [-0.2, 0) is 13.0 Å². The number of hydrogen-bond donors (Lipinski definition) is 2. The van der Waals surface area contributed by atoms with Crippen molar-refractivity contribution in [2.24, 2.45) is 0 Å². The molecule has 2 N–H and O–H groups in total. The third-order valence-electron chi connectivity index (χ3n) is 6.79. The highest BCUT2D eigenvalue weighted by Crippen LogP contribution is 2.40. The second kappa shape index (κ2) is 8.83. The first-order chi connectivity index (χ1) is 17.1. The van der Waals surface area contributed by atoms with Crippen LogP contribution in [0.3, 0.4) is 0 Å². The van der Waals surface area contributed by atoms with Crippen LogP contribution < -0.4 is 15.4 Å². The molecule has 6 rings (SSSR count). The Balaban J connectivity index is 1.19. The summed E-state index contributed by atoms with van der Waals surface area (Å²) in [7, 11) is 0. The number of anilines is 1. The molecule has 0 aliphatic carbocycles. The molecule has 0 bridgehead atoms. The number of likely N-dealkylation sites (N-methyl/N-ethyl adjacent to an activating group) is 1. The number of nitrogens with zero attached hydrogens (tertiary/aromatic N) is 1. The number of carbonyl (C=O) groups excluding carboxylic acids is 2. The smallest absolute Gasteiger partial charge is 0.344 e. The number of fused-ring (bicyclic) bond motifs is 4. The van der Waals surface area contributed by atoms with Crippen LogP contribution in [0.4, 0.5) is 5.00 Å². The molecule has 1 unspecified atom stereocenters. The van der Waals surface area contributed by atoms with Crippen LogP contribution in [0.2, 0.25) is 0 Å². The molecular formula is C28H25N3O3S. The average molecular weight is 484 g/mol. The average Bonchev–Trinajstić information content (AvgIpc) is 3.26. The monoisotopic (exact) mass is 483 g/mol. The molecule has 4 aromatic rings. The van der Waals surface area contributed by atoms with Crippen molar-refractivity contribution in [1.29, 1.82) is 0 Å². The lowest BCUT2D eigenvalue weighted by atomic mass is 10.0. The quantitative estimate of drug-likeness (QED) is 0.302. The Morgan fingerprint density at radius 1 is 1.06 bits per heavy atom. The molecule has 0 saturated carbocycles. The summed E-state index contributed by atoms with van der Waals surface area (Å²) < 4.78 is 5.65. The van der Waals surface area contributed by atoms with Gasteiger partial charge < -0.3 is 15.4 Å². The molecular weight excluding hydrogens is 458 g/mol. The lowest BCUT2D eigenvalue weighted by Gasteiger charge is -2.28. The molecule has 1 amide bonds. The number of nitrogens with one attached hydrogen (secondary N) is 2. The number of amides is 1. The molecule has 35 heavy (non-hydrogen) atoms. The zero-order valence-corrected chi connectivity index (χ0v) is 20.2. The summed E-state index contributed by atoms with van der Waals surface area (Å²) >= 11 is 1.69. The molecule has 0 radical (unpaired) electrons. The normalized spacial score (nSPS) is 17.3. The number of carbonyl (C=O) groups is 2. The molecule has 2 aliphatic heterocycles. The van der Waals surface area contributed by atoms with Crippen LogP contribution in [0.5, 0.6) is 5.75 Å². The predicted molar refractivity (Wildman–Crippen MR) is 138 cm³/mol. The van der Waals surface area contributed by atoms with Gasteiger partial charge in [-0.25, -0.2) is 4.79 Å². The Kier molecular flexibility index (Phi) is 5.51. The van der Waals surface area contributed by atoms with Gasteiger partial charge in [-0.1, -0.05) is 55.5 Å². The molecule has 2 aliphatic rings. The summed E-state index contributed by atoms with van der Waals surface area (Å²) in [5, 5.41) is 9.39. The largest absolute Gasteiger partial charge is 0.423 e. The van der Waals surface area contributed by atoms with E-state index in [0.29, 0.717) is 11.3 Å².